The van der Waals surface area contributed by atoms with Gasteiger partial charge in [0, 0.05) is 18.9 Å². The molecule has 1 aliphatic heterocycles. The molecule has 0 spiro atoms. The van der Waals surface area contributed by atoms with Crippen LogP contribution in [0.15, 0.2) is 48.5 Å². The van der Waals surface area contributed by atoms with E-state index in [4.69, 9.17) is 18.9 Å². The van der Waals surface area contributed by atoms with Crippen LogP contribution in [-0.2, 0) is 18.9 Å². The molecule has 1 heterocycles. The summed E-state index contributed by atoms with van der Waals surface area (Å²) in [6.45, 7) is 6.67. The van der Waals surface area contributed by atoms with Gasteiger partial charge in [0.15, 0.2) is 6.29 Å². The van der Waals surface area contributed by atoms with Gasteiger partial charge in [-0.2, -0.15) is 0 Å². The zero-order valence-corrected chi connectivity index (χ0v) is 19.8. The van der Waals surface area contributed by atoms with Crippen LogP contribution >= 0.6 is 0 Å². The van der Waals surface area contributed by atoms with Crippen LogP contribution in [0.2, 0.25) is 0 Å². The summed E-state index contributed by atoms with van der Waals surface area (Å²) in [5.41, 5.74) is 4.18. The van der Waals surface area contributed by atoms with Crippen LogP contribution in [0.4, 0.5) is 9.59 Å². The molecule has 8 heteroatoms. The molecule has 1 aliphatic carbocycles. The number of carbonyl (C=O) groups excluding carboxylic acids is 2. The molecule has 0 radical (unpaired) electrons. The minimum absolute atomic E-state index is 0.0255. The number of benzene rings is 2. The summed E-state index contributed by atoms with van der Waals surface area (Å²) in [4.78, 5) is 24.1. The van der Waals surface area contributed by atoms with Gasteiger partial charge in [-0.15, -0.1) is 0 Å². The van der Waals surface area contributed by atoms with Crippen molar-refractivity contribution in [3.05, 3.63) is 59.7 Å². The Bertz CT molecular complexity index is 965. The van der Waals surface area contributed by atoms with Crippen molar-refractivity contribution in [2.75, 3.05) is 26.4 Å². The summed E-state index contributed by atoms with van der Waals surface area (Å²) in [5, 5.41) is 5.49. The minimum atomic E-state index is -0.562. The molecule has 1 fully saturated rings. The van der Waals surface area contributed by atoms with E-state index in [-0.39, 0.29) is 18.6 Å². The smallest absolute Gasteiger partial charge is 0.408 e. The maximum Gasteiger partial charge on any atom is 0.408 e. The van der Waals surface area contributed by atoms with Gasteiger partial charge in [0.1, 0.15) is 12.2 Å². The van der Waals surface area contributed by atoms with Gasteiger partial charge in [-0.3, -0.25) is 0 Å². The Morgan fingerprint density at radius 2 is 1.53 bits per heavy atom. The Balaban J connectivity index is 1.16. The SMILES string of the molecule is CC(C)(C)OC(=O)NC1COC(CCNC(=O)OCC2c3ccccc3-c3ccccc32)OC1. The zero-order chi connectivity index (χ0) is 24.1. The lowest BCUT2D eigenvalue weighted by atomic mass is 9.98. The summed E-state index contributed by atoms with van der Waals surface area (Å²) < 4.78 is 22.0. The first-order chi connectivity index (χ1) is 16.3. The summed E-state index contributed by atoms with van der Waals surface area (Å²) >= 11 is 0. The monoisotopic (exact) mass is 468 g/mol. The molecule has 1 saturated heterocycles. The van der Waals surface area contributed by atoms with Crippen LogP contribution in [0, 0.1) is 0 Å². The van der Waals surface area contributed by atoms with Crippen LogP contribution in [0.25, 0.3) is 11.1 Å². The van der Waals surface area contributed by atoms with Crippen molar-refractivity contribution < 1.29 is 28.5 Å². The van der Waals surface area contributed by atoms with Gasteiger partial charge in [-0.25, -0.2) is 9.59 Å². The lowest BCUT2D eigenvalue weighted by Gasteiger charge is -2.30. The molecule has 0 atom stereocenters. The Morgan fingerprint density at radius 1 is 0.941 bits per heavy atom. The normalized spacial score (nSPS) is 19.6. The maximum atomic E-state index is 12.3. The largest absolute Gasteiger partial charge is 0.449 e. The quantitative estimate of drug-likeness (QED) is 0.660. The van der Waals surface area contributed by atoms with E-state index in [2.05, 4.69) is 34.9 Å². The molecule has 0 unspecified atom stereocenters. The molecular formula is C26H32N2O6. The van der Waals surface area contributed by atoms with E-state index < -0.39 is 24.1 Å². The van der Waals surface area contributed by atoms with Crippen molar-refractivity contribution in [1.29, 1.82) is 0 Å². The second kappa shape index (κ2) is 10.4. The Kier molecular flexibility index (Phi) is 7.38. The Labute approximate surface area is 199 Å². The lowest BCUT2D eigenvalue weighted by molar-refractivity contribution is -0.190. The van der Waals surface area contributed by atoms with Crippen molar-refractivity contribution >= 4 is 12.2 Å². The molecule has 2 amide bonds. The highest BCUT2D eigenvalue weighted by Crippen LogP contribution is 2.44. The van der Waals surface area contributed by atoms with Gasteiger partial charge in [0.2, 0.25) is 0 Å². The van der Waals surface area contributed by atoms with Crippen molar-refractivity contribution in [2.45, 2.75) is 51.0 Å². The third kappa shape index (κ3) is 6.07. The summed E-state index contributed by atoms with van der Waals surface area (Å²) in [6, 6.07) is 16.2. The standard InChI is InChI=1S/C26H32N2O6/c1-26(2,3)34-25(30)28-17-14-31-23(32-15-17)12-13-27-24(29)33-16-22-20-10-6-4-8-18(20)19-9-5-7-11-21(19)22/h4-11,17,22-23H,12-16H2,1-3H3,(H,27,29)(H,28,30). The molecule has 4 rings (SSSR count). The zero-order valence-electron chi connectivity index (χ0n) is 19.8. The first kappa shape index (κ1) is 24.0. The fraction of sp³-hybridized carbons (Fsp3) is 0.462. The maximum absolute atomic E-state index is 12.3. The average Bonchev–Trinajstić information content (AvgIpc) is 3.11. The number of alkyl carbamates (subject to hydrolysis) is 2. The van der Waals surface area contributed by atoms with E-state index in [1.807, 2.05) is 24.3 Å². The molecule has 182 valence electrons. The van der Waals surface area contributed by atoms with Gasteiger partial charge in [0.25, 0.3) is 0 Å². The number of ether oxygens (including phenoxy) is 4. The van der Waals surface area contributed by atoms with Crippen molar-refractivity contribution in [3.8, 4) is 11.1 Å². The number of rotatable bonds is 6. The summed E-state index contributed by atoms with van der Waals surface area (Å²) in [5.74, 6) is 0.0255. The molecule has 2 aromatic carbocycles. The van der Waals surface area contributed by atoms with Crippen LogP contribution in [0.1, 0.15) is 44.2 Å². The van der Waals surface area contributed by atoms with Gasteiger partial charge in [-0.05, 0) is 43.0 Å². The molecule has 2 aliphatic rings. The van der Waals surface area contributed by atoms with Crippen LogP contribution in [0.3, 0.4) is 0 Å². The van der Waals surface area contributed by atoms with Crippen LogP contribution in [0.5, 0.6) is 0 Å². The molecule has 0 bridgehead atoms. The summed E-state index contributed by atoms with van der Waals surface area (Å²) in [7, 11) is 0. The fourth-order valence-electron chi connectivity index (χ4n) is 4.21. The predicted molar refractivity (Wildman–Crippen MR) is 127 cm³/mol. The highest BCUT2D eigenvalue weighted by atomic mass is 16.7. The molecule has 2 aromatic rings. The Hall–Kier alpha value is -3.10. The number of carbonyl (C=O) groups is 2. The first-order valence-corrected chi connectivity index (χ1v) is 11.6. The highest BCUT2D eigenvalue weighted by molar-refractivity contribution is 5.79. The molecule has 8 nitrogen and oxygen atoms in total. The molecule has 0 aromatic heterocycles. The highest BCUT2D eigenvalue weighted by Gasteiger charge is 2.29. The number of nitrogens with one attached hydrogen (secondary N) is 2. The van der Waals surface area contributed by atoms with E-state index in [1.54, 1.807) is 20.8 Å². The molecule has 34 heavy (non-hydrogen) atoms. The van der Waals surface area contributed by atoms with E-state index in [1.165, 1.54) is 22.3 Å². The van der Waals surface area contributed by atoms with E-state index in [0.29, 0.717) is 26.2 Å². The number of hydrogen-bond acceptors (Lipinski definition) is 6. The number of fused-ring (bicyclic) bond motifs is 3. The van der Waals surface area contributed by atoms with Gasteiger partial charge in [-0.1, -0.05) is 48.5 Å². The molecule has 0 saturated carbocycles. The molecular weight excluding hydrogens is 436 g/mol. The molecule has 2 N–H and O–H groups in total. The third-order valence-electron chi connectivity index (χ3n) is 5.68. The summed E-state index contributed by atoms with van der Waals surface area (Å²) in [6.07, 6.45) is -0.948. The number of amides is 2. The van der Waals surface area contributed by atoms with Gasteiger partial charge >= 0.3 is 12.2 Å². The van der Waals surface area contributed by atoms with Crippen molar-refractivity contribution in [2.24, 2.45) is 0 Å². The van der Waals surface area contributed by atoms with Crippen molar-refractivity contribution in [3.63, 3.8) is 0 Å². The van der Waals surface area contributed by atoms with Gasteiger partial charge in [0.05, 0.1) is 19.3 Å². The van der Waals surface area contributed by atoms with Crippen LogP contribution in [-0.4, -0.2) is 56.5 Å². The first-order valence-electron chi connectivity index (χ1n) is 11.6. The third-order valence-corrected chi connectivity index (χ3v) is 5.68. The topological polar surface area (TPSA) is 95.1 Å². The van der Waals surface area contributed by atoms with E-state index >= 15 is 0 Å². The lowest BCUT2D eigenvalue weighted by Crippen LogP contribution is -2.48. The van der Waals surface area contributed by atoms with E-state index in [0.717, 1.165) is 0 Å². The second-order valence-corrected chi connectivity index (χ2v) is 9.48. The Morgan fingerprint density at radius 3 is 2.12 bits per heavy atom. The minimum Gasteiger partial charge on any atom is -0.449 e. The van der Waals surface area contributed by atoms with Gasteiger partial charge < -0.3 is 29.6 Å². The fourth-order valence-corrected chi connectivity index (χ4v) is 4.21. The predicted octanol–water partition coefficient (Wildman–Crippen LogP) is 4.18. The van der Waals surface area contributed by atoms with E-state index in [9.17, 15) is 9.59 Å². The van der Waals surface area contributed by atoms with Crippen LogP contribution < -0.4 is 10.6 Å². The van der Waals surface area contributed by atoms with Crippen molar-refractivity contribution in [1.82, 2.24) is 10.6 Å². The number of hydrogen-bond donors (Lipinski definition) is 2. The average molecular weight is 469 g/mol. The second-order valence-electron chi connectivity index (χ2n) is 9.48.